The van der Waals surface area contributed by atoms with Crippen molar-refractivity contribution in [2.24, 2.45) is 5.92 Å². The Balaban J connectivity index is 1.62. The lowest BCUT2D eigenvalue weighted by Gasteiger charge is -2.43. The summed E-state index contributed by atoms with van der Waals surface area (Å²) in [5.74, 6) is -0.0487. The van der Waals surface area contributed by atoms with Crippen molar-refractivity contribution in [3.05, 3.63) is 60.6 Å². The third kappa shape index (κ3) is 3.27. The molecular formula is C24H19N7O. The zero-order valence-electron chi connectivity index (χ0n) is 17.2. The van der Waals surface area contributed by atoms with Crippen molar-refractivity contribution in [2.45, 2.75) is 31.4 Å². The topological polar surface area (TPSA) is 124 Å². The Morgan fingerprint density at radius 1 is 1.06 bits per heavy atom. The maximum absolute atomic E-state index is 9.45. The third-order valence-electron chi connectivity index (χ3n) is 5.99. The van der Waals surface area contributed by atoms with Crippen LogP contribution >= 0.6 is 0 Å². The highest BCUT2D eigenvalue weighted by atomic mass is 16.3. The van der Waals surface area contributed by atoms with Crippen LogP contribution in [-0.4, -0.2) is 29.8 Å². The van der Waals surface area contributed by atoms with Gasteiger partial charge in [0.1, 0.15) is 11.4 Å². The number of aliphatic hydroxyl groups is 1. The molecule has 5 rings (SSSR count). The molecule has 4 aromatic rings. The molecule has 32 heavy (non-hydrogen) atoms. The molecule has 8 nitrogen and oxygen atoms in total. The summed E-state index contributed by atoms with van der Waals surface area (Å²) >= 11 is 0. The fourth-order valence-corrected chi connectivity index (χ4v) is 4.33. The molecule has 4 aromatic heterocycles. The molecule has 0 aliphatic heterocycles. The van der Waals surface area contributed by atoms with Crippen molar-refractivity contribution in [2.75, 3.05) is 0 Å². The number of rotatable bonds is 5. The lowest BCUT2D eigenvalue weighted by Crippen LogP contribution is -2.46. The van der Waals surface area contributed by atoms with E-state index in [4.69, 9.17) is 10.1 Å². The van der Waals surface area contributed by atoms with Gasteiger partial charge in [-0.25, -0.2) is 9.97 Å². The van der Waals surface area contributed by atoms with Gasteiger partial charge >= 0.3 is 0 Å². The smallest absolute Gasteiger partial charge is 0.111 e. The number of fused-ring (bicyclic) bond motifs is 1. The maximum Gasteiger partial charge on any atom is 0.111 e. The Bertz CT molecular complexity index is 1390. The molecular weight excluding hydrogens is 402 g/mol. The molecule has 1 aliphatic carbocycles. The van der Waals surface area contributed by atoms with Crippen molar-refractivity contribution in [1.82, 2.24) is 24.7 Å². The summed E-state index contributed by atoms with van der Waals surface area (Å²) in [6, 6.07) is 17.5. The summed E-state index contributed by atoms with van der Waals surface area (Å²) in [6.45, 7) is -0.151. The molecule has 0 bridgehead atoms. The predicted octanol–water partition coefficient (Wildman–Crippen LogP) is 3.59. The first kappa shape index (κ1) is 19.8. The van der Waals surface area contributed by atoms with E-state index in [1.807, 2.05) is 47.3 Å². The van der Waals surface area contributed by atoms with E-state index in [9.17, 15) is 15.6 Å². The van der Waals surface area contributed by atoms with Gasteiger partial charge < -0.3 is 5.11 Å². The molecule has 4 heterocycles. The van der Waals surface area contributed by atoms with Crippen LogP contribution in [0.5, 0.6) is 0 Å². The first-order chi connectivity index (χ1) is 15.7. The maximum atomic E-state index is 9.45. The zero-order valence-corrected chi connectivity index (χ0v) is 17.2. The highest BCUT2D eigenvalue weighted by molar-refractivity contribution is 5.93. The fourth-order valence-electron chi connectivity index (χ4n) is 4.33. The molecule has 0 unspecified atom stereocenters. The van der Waals surface area contributed by atoms with E-state index in [-0.39, 0.29) is 12.5 Å². The largest absolute Gasteiger partial charge is 0.390 e. The second-order valence-electron chi connectivity index (χ2n) is 8.04. The van der Waals surface area contributed by atoms with Crippen LogP contribution in [0, 0.1) is 28.6 Å². The molecule has 0 spiro atoms. The molecule has 156 valence electrons. The lowest BCUT2D eigenvalue weighted by atomic mass is 9.67. The van der Waals surface area contributed by atoms with E-state index in [0.717, 1.165) is 10.9 Å². The molecule has 1 N–H and O–H groups in total. The number of pyridine rings is 3. The van der Waals surface area contributed by atoms with Gasteiger partial charge in [-0.3, -0.25) is 9.67 Å². The van der Waals surface area contributed by atoms with Gasteiger partial charge in [0.25, 0.3) is 0 Å². The van der Waals surface area contributed by atoms with E-state index in [0.29, 0.717) is 47.7 Å². The van der Waals surface area contributed by atoms with Gasteiger partial charge in [-0.15, -0.1) is 0 Å². The van der Waals surface area contributed by atoms with Gasteiger partial charge in [-0.1, -0.05) is 6.07 Å². The number of hydrogen-bond acceptors (Lipinski definition) is 7. The molecule has 0 atom stereocenters. The third-order valence-corrected chi connectivity index (χ3v) is 5.99. The Morgan fingerprint density at radius 2 is 1.94 bits per heavy atom. The highest BCUT2D eigenvalue weighted by Crippen LogP contribution is 2.46. The SMILES string of the molecule is N#CC[C@]1(n2ccc(-c3nc(-c4cccc(CO)n4)cc4ncccc34)n2)C[C@@H](C#N)C1. The van der Waals surface area contributed by atoms with Crippen LogP contribution in [0.2, 0.25) is 0 Å². The van der Waals surface area contributed by atoms with Gasteiger partial charge in [0.2, 0.25) is 0 Å². The van der Waals surface area contributed by atoms with E-state index in [2.05, 4.69) is 22.1 Å². The summed E-state index contributed by atoms with van der Waals surface area (Å²) in [5.41, 5.74) is 3.49. The minimum atomic E-state index is -0.448. The van der Waals surface area contributed by atoms with Crippen molar-refractivity contribution in [3.8, 4) is 34.9 Å². The first-order valence-corrected chi connectivity index (χ1v) is 10.3. The van der Waals surface area contributed by atoms with Gasteiger partial charge in [-0.2, -0.15) is 15.6 Å². The van der Waals surface area contributed by atoms with Crippen LogP contribution in [0.25, 0.3) is 33.7 Å². The van der Waals surface area contributed by atoms with E-state index < -0.39 is 5.54 Å². The molecule has 0 aromatic carbocycles. The normalized spacial score (nSPS) is 19.8. The van der Waals surface area contributed by atoms with Crippen LogP contribution in [0.3, 0.4) is 0 Å². The van der Waals surface area contributed by atoms with E-state index in [1.54, 1.807) is 12.3 Å². The molecule has 1 saturated carbocycles. The number of aromatic nitrogens is 5. The Labute approximate surface area is 184 Å². The average Bonchev–Trinajstić information content (AvgIpc) is 3.31. The van der Waals surface area contributed by atoms with E-state index in [1.165, 1.54) is 0 Å². The molecule has 1 aliphatic rings. The monoisotopic (exact) mass is 421 g/mol. The molecule has 1 fully saturated rings. The number of nitriles is 2. The second-order valence-corrected chi connectivity index (χ2v) is 8.04. The van der Waals surface area contributed by atoms with Gasteiger partial charge in [0, 0.05) is 17.8 Å². The number of hydrogen-bond donors (Lipinski definition) is 1. The van der Waals surface area contributed by atoms with Gasteiger partial charge in [0.15, 0.2) is 0 Å². The number of nitrogens with zero attached hydrogens (tertiary/aromatic N) is 7. The summed E-state index contributed by atoms with van der Waals surface area (Å²) in [5, 5.41) is 33.6. The second kappa shape index (κ2) is 7.84. The Morgan fingerprint density at radius 3 is 2.72 bits per heavy atom. The summed E-state index contributed by atoms with van der Waals surface area (Å²) < 4.78 is 1.82. The Hall–Kier alpha value is -4.14. The molecule has 0 saturated heterocycles. The van der Waals surface area contributed by atoms with Gasteiger partial charge in [-0.05, 0) is 49.2 Å². The number of aliphatic hydroxyl groups excluding tert-OH is 1. The summed E-state index contributed by atoms with van der Waals surface area (Å²) in [6.07, 6.45) is 5.13. The van der Waals surface area contributed by atoms with Crippen molar-refractivity contribution >= 4 is 10.9 Å². The quantitative estimate of drug-likeness (QED) is 0.522. The predicted molar refractivity (Wildman–Crippen MR) is 116 cm³/mol. The van der Waals surface area contributed by atoms with Crippen LogP contribution < -0.4 is 0 Å². The zero-order chi connectivity index (χ0) is 22.1. The molecule has 8 heteroatoms. The lowest BCUT2D eigenvalue weighted by molar-refractivity contribution is 0.0884. The standard InChI is InChI=1S/C24H19N7O/c25-8-7-24(12-16(13-24)14-26)31-10-6-20(30-31)23-18-4-2-9-27-21(18)11-22(29-23)19-5-1-3-17(15-32)28-19/h1-6,9-11,16,32H,7,12-13,15H2/t16-,24+. The average molecular weight is 421 g/mol. The minimum absolute atomic E-state index is 0.0487. The molecule has 0 amide bonds. The summed E-state index contributed by atoms with van der Waals surface area (Å²) in [4.78, 5) is 13.8. The fraction of sp³-hybridized carbons (Fsp3) is 0.250. The molecule has 0 radical (unpaired) electrons. The first-order valence-electron chi connectivity index (χ1n) is 10.3. The van der Waals surface area contributed by atoms with Crippen molar-refractivity contribution in [3.63, 3.8) is 0 Å². The summed E-state index contributed by atoms with van der Waals surface area (Å²) in [7, 11) is 0. The Kier molecular flexibility index (Phi) is 4.85. The van der Waals surface area contributed by atoms with Crippen LogP contribution in [0.15, 0.2) is 54.9 Å². The van der Waals surface area contributed by atoms with Crippen LogP contribution in [-0.2, 0) is 12.1 Å². The van der Waals surface area contributed by atoms with Crippen LogP contribution in [0.1, 0.15) is 25.0 Å². The highest BCUT2D eigenvalue weighted by Gasteiger charge is 2.46. The van der Waals surface area contributed by atoms with Crippen LogP contribution in [0.4, 0.5) is 0 Å². The van der Waals surface area contributed by atoms with Crippen molar-refractivity contribution in [1.29, 1.82) is 10.5 Å². The minimum Gasteiger partial charge on any atom is -0.390 e. The van der Waals surface area contributed by atoms with Gasteiger partial charge in [0.05, 0.1) is 59.2 Å². The van der Waals surface area contributed by atoms with Crippen molar-refractivity contribution < 1.29 is 5.11 Å². The van der Waals surface area contributed by atoms with E-state index >= 15 is 0 Å².